The number of hydrogen-bond acceptors (Lipinski definition) is 2. The molecule has 0 saturated carbocycles. The molecule has 0 radical (unpaired) electrons. The van der Waals surface area contributed by atoms with Crippen LogP contribution >= 0.6 is 0 Å². The molecule has 0 unspecified atom stereocenters. The molecule has 64 valence electrons. The van der Waals surface area contributed by atoms with Crippen molar-refractivity contribution in [3.63, 3.8) is 0 Å². The molecule has 2 nitrogen and oxygen atoms in total. The van der Waals surface area contributed by atoms with Gasteiger partial charge in [0.2, 0.25) is 0 Å². The first-order valence-electron chi connectivity index (χ1n) is 4.09. The summed E-state index contributed by atoms with van der Waals surface area (Å²) in [5.41, 5.74) is 3.10. The third-order valence-corrected chi connectivity index (χ3v) is 1.76. The maximum absolute atomic E-state index is 8.52. The molecule has 0 saturated heterocycles. The minimum absolute atomic E-state index is 0.417. The number of nitriles is 2. The molecule has 1 rings (SSSR count). The monoisotopic (exact) mass is 170 g/mol. The molecule has 0 aliphatic rings. The van der Waals surface area contributed by atoms with Crippen LogP contribution < -0.4 is 0 Å². The Morgan fingerprint density at radius 3 is 1.85 bits per heavy atom. The van der Waals surface area contributed by atoms with Crippen molar-refractivity contribution in [2.75, 3.05) is 0 Å². The molecule has 0 aliphatic heterocycles. The fourth-order valence-electron chi connectivity index (χ4n) is 1.33. The smallest absolute Gasteiger partial charge is 0.0669 e. The highest BCUT2D eigenvalue weighted by atomic mass is 14.2. The van der Waals surface area contributed by atoms with Gasteiger partial charge < -0.3 is 0 Å². The van der Waals surface area contributed by atoms with E-state index in [-0.39, 0.29) is 0 Å². The summed E-state index contributed by atoms with van der Waals surface area (Å²) in [5.74, 6) is 0. The molecular weight excluding hydrogens is 160 g/mol. The lowest BCUT2D eigenvalue weighted by atomic mass is 10.0. The van der Waals surface area contributed by atoms with E-state index in [1.807, 2.05) is 25.1 Å². The summed E-state index contributed by atoms with van der Waals surface area (Å²) in [6.45, 7) is 1.97. The molecular formula is C11H10N2. The normalized spacial score (nSPS) is 8.85. The Balaban J connectivity index is 2.99. The van der Waals surface area contributed by atoms with E-state index < -0.39 is 0 Å². The van der Waals surface area contributed by atoms with Gasteiger partial charge in [-0.2, -0.15) is 10.5 Å². The average Bonchev–Trinajstić information content (AvgIpc) is 2.04. The Hall–Kier alpha value is -1.80. The molecule has 0 spiro atoms. The summed E-state index contributed by atoms with van der Waals surface area (Å²) in [6, 6.07) is 10.1. The predicted octanol–water partition coefficient (Wildman–Crippen LogP) is 2.13. The van der Waals surface area contributed by atoms with E-state index in [0.717, 1.165) is 16.7 Å². The minimum Gasteiger partial charge on any atom is -0.198 e. The summed E-state index contributed by atoms with van der Waals surface area (Å²) in [6.07, 6.45) is 0.834. The molecule has 1 aromatic carbocycles. The van der Waals surface area contributed by atoms with Crippen molar-refractivity contribution in [1.82, 2.24) is 0 Å². The summed E-state index contributed by atoms with van der Waals surface area (Å²) in [4.78, 5) is 0. The molecule has 0 atom stereocenters. The van der Waals surface area contributed by atoms with Crippen LogP contribution in [0.1, 0.15) is 16.7 Å². The van der Waals surface area contributed by atoms with Crippen molar-refractivity contribution in [3.05, 3.63) is 34.9 Å². The van der Waals surface area contributed by atoms with Crippen molar-refractivity contribution in [2.24, 2.45) is 0 Å². The lowest BCUT2D eigenvalue weighted by molar-refractivity contribution is 1.18. The quantitative estimate of drug-likeness (QED) is 0.682. The fourth-order valence-corrected chi connectivity index (χ4v) is 1.33. The standard InChI is InChI=1S/C11H10N2/c1-9-6-10(2-4-12)8-11(7-9)3-5-13/h6-8H,2-3H2,1H3. The molecule has 0 N–H and O–H groups in total. The highest BCUT2D eigenvalue weighted by molar-refractivity contribution is 5.32. The Kier molecular flexibility index (Phi) is 3.06. The highest BCUT2D eigenvalue weighted by Gasteiger charge is 1.97. The molecule has 0 amide bonds. The van der Waals surface area contributed by atoms with Crippen molar-refractivity contribution in [1.29, 1.82) is 10.5 Å². The zero-order valence-electron chi connectivity index (χ0n) is 7.54. The van der Waals surface area contributed by atoms with Crippen LogP contribution in [0.4, 0.5) is 0 Å². The van der Waals surface area contributed by atoms with Crippen LogP contribution in [0, 0.1) is 29.6 Å². The first kappa shape index (κ1) is 9.29. The van der Waals surface area contributed by atoms with Gasteiger partial charge in [0.25, 0.3) is 0 Å². The Morgan fingerprint density at radius 1 is 1.00 bits per heavy atom. The maximum Gasteiger partial charge on any atom is 0.0669 e. The molecule has 2 heteroatoms. The summed E-state index contributed by atoms with van der Waals surface area (Å²) in [5, 5.41) is 17.0. The molecule has 0 heterocycles. The highest BCUT2D eigenvalue weighted by Crippen LogP contribution is 2.10. The van der Waals surface area contributed by atoms with Gasteiger partial charge in [0.1, 0.15) is 0 Å². The van der Waals surface area contributed by atoms with E-state index in [2.05, 4.69) is 12.1 Å². The van der Waals surface area contributed by atoms with Crippen molar-refractivity contribution >= 4 is 0 Å². The van der Waals surface area contributed by atoms with Gasteiger partial charge in [-0.05, 0) is 18.1 Å². The Labute approximate surface area is 78.0 Å². The van der Waals surface area contributed by atoms with Crippen molar-refractivity contribution in [2.45, 2.75) is 19.8 Å². The first-order chi connectivity index (χ1) is 6.26. The van der Waals surface area contributed by atoms with Crippen LogP contribution in [0.15, 0.2) is 18.2 Å². The van der Waals surface area contributed by atoms with Gasteiger partial charge in [-0.15, -0.1) is 0 Å². The lowest BCUT2D eigenvalue weighted by Crippen LogP contribution is -1.89. The number of hydrogen-bond donors (Lipinski definition) is 0. The van der Waals surface area contributed by atoms with Gasteiger partial charge in [0.05, 0.1) is 25.0 Å². The number of aryl methyl sites for hydroxylation is 1. The van der Waals surface area contributed by atoms with Crippen LogP contribution in [0.2, 0.25) is 0 Å². The van der Waals surface area contributed by atoms with Crippen LogP contribution in [-0.2, 0) is 12.8 Å². The zero-order valence-corrected chi connectivity index (χ0v) is 7.54. The van der Waals surface area contributed by atoms with E-state index >= 15 is 0 Å². The summed E-state index contributed by atoms with van der Waals surface area (Å²) < 4.78 is 0. The van der Waals surface area contributed by atoms with E-state index in [1.54, 1.807) is 0 Å². The third-order valence-electron chi connectivity index (χ3n) is 1.76. The second kappa shape index (κ2) is 4.28. The lowest BCUT2D eigenvalue weighted by Gasteiger charge is -2.01. The second-order valence-corrected chi connectivity index (χ2v) is 3.00. The molecule has 0 fully saturated rings. The predicted molar refractivity (Wildman–Crippen MR) is 49.8 cm³/mol. The third kappa shape index (κ3) is 2.61. The van der Waals surface area contributed by atoms with Crippen LogP contribution in [0.5, 0.6) is 0 Å². The zero-order chi connectivity index (χ0) is 9.68. The number of benzene rings is 1. The molecule has 1 aromatic rings. The maximum atomic E-state index is 8.52. The molecule has 0 aliphatic carbocycles. The molecule has 0 aromatic heterocycles. The Morgan fingerprint density at radius 2 is 1.46 bits per heavy atom. The van der Waals surface area contributed by atoms with E-state index in [4.69, 9.17) is 10.5 Å². The minimum atomic E-state index is 0.417. The van der Waals surface area contributed by atoms with Crippen LogP contribution in [-0.4, -0.2) is 0 Å². The largest absolute Gasteiger partial charge is 0.198 e. The van der Waals surface area contributed by atoms with Crippen molar-refractivity contribution < 1.29 is 0 Å². The van der Waals surface area contributed by atoms with Gasteiger partial charge in [-0.3, -0.25) is 0 Å². The molecule has 13 heavy (non-hydrogen) atoms. The van der Waals surface area contributed by atoms with Gasteiger partial charge in [0, 0.05) is 0 Å². The fraction of sp³-hybridized carbons (Fsp3) is 0.273. The van der Waals surface area contributed by atoms with Gasteiger partial charge in [-0.1, -0.05) is 23.8 Å². The van der Waals surface area contributed by atoms with E-state index in [9.17, 15) is 0 Å². The SMILES string of the molecule is Cc1cc(CC#N)cc(CC#N)c1. The average molecular weight is 170 g/mol. The van der Waals surface area contributed by atoms with E-state index in [1.165, 1.54) is 0 Å². The number of nitrogens with zero attached hydrogens (tertiary/aromatic N) is 2. The van der Waals surface area contributed by atoms with Gasteiger partial charge in [-0.25, -0.2) is 0 Å². The topological polar surface area (TPSA) is 47.6 Å². The number of rotatable bonds is 2. The van der Waals surface area contributed by atoms with E-state index in [0.29, 0.717) is 12.8 Å². The summed E-state index contributed by atoms with van der Waals surface area (Å²) >= 11 is 0. The van der Waals surface area contributed by atoms with Gasteiger partial charge in [0.15, 0.2) is 0 Å². The Bertz CT molecular complexity index is 346. The second-order valence-electron chi connectivity index (χ2n) is 3.00. The molecule has 0 bridgehead atoms. The van der Waals surface area contributed by atoms with Crippen LogP contribution in [0.25, 0.3) is 0 Å². The summed E-state index contributed by atoms with van der Waals surface area (Å²) in [7, 11) is 0. The van der Waals surface area contributed by atoms with Gasteiger partial charge >= 0.3 is 0 Å². The first-order valence-corrected chi connectivity index (χ1v) is 4.09. The van der Waals surface area contributed by atoms with Crippen molar-refractivity contribution in [3.8, 4) is 12.1 Å². The van der Waals surface area contributed by atoms with Crippen LogP contribution in [0.3, 0.4) is 0 Å².